The molecule has 2 aliphatic heterocycles. The first-order chi connectivity index (χ1) is 11.4. The van der Waals surface area contributed by atoms with Gasteiger partial charge in [-0.15, -0.1) is 0 Å². The van der Waals surface area contributed by atoms with Crippen molar-refractivity contribution in [3.63, 3.8) is 0 Å². The Kier molecular flexibility index (Phi) is 4.69. The van der Waals surface area contributed by atoms with Gasteiger partial charge in [0.15, 0.2) is 6.61 Å². The molecule has 0 aromatic heterocycles. The van der Waals surface area contributed by atoms with Crippen molar-refractivity contribution in [2.24, 2.45) is 11.3 Å². The van der Waals surface area contributed by atoms with Gasteiger partial charge >= 0.3 is 5.97 Å². The fourth-order valence-corrected chi connectivity index (χ4v) is 3.72. The lowest BCUT2D eigenvalue weighted by Crippen LogP contribution is -2.45. The van der Waals surface area contributed by atoms with Crippen LogP contribution in [0, 0.1) is 18.3 Å². The third-order valence-corrected chi connectivity index (χ3v) is 5.21. The molecule has 24 heavy (non-hydrogen) atoms. The Morgan fingerprint density at radius 2 is 2.29 bits per heavy atom. The van der Waals surface area contributed by atoms with Crippen molar-refractivity contribution in [2.75, 3.05) is 32.9 Å². The number of halogens is 1. The first kappa shape index (κ1) is 17.0. The molecule has 0 radical (unpaired) electrons. The van der Waals surface area contributed by atoms with Crippen molar-refractivity contribution in [1.82, 2.24) is 4.90 Å². The minimum Gasteiger partial charge on any atom is -0.483 e. The Morgan fingerprint density at radius 1 is 1.50 bits per heavy atom. The summed E-state index contributed by atoms with van der Waals surface area (Å²) in [5, 5.41) is 10.2. The van der Waals surface area contributed by atoms with Crippen molar-refractivity contribution in [3.8, 4) is 5.75 Å². The van der Waals surface area contributed by atoms with Gasteiger partial charge < -0.3 is 19.5 Å². The summed E-state index contributed by atoms with van der Waals surface area (Å²) >= 11 is 5.90. The van der Waals surface area contributed by atoms with Crippen molar-refractivity contribution < 1.29 is 24.2 Å². The molecule has 2 heterocycles. The van der Waals surface area contributed by atoms with Crippen LogP contribution in [0.2, 0.25) is 5.02 Å². The third-order valence-electron chi connectivity index (χ3n) is 4.97. The standard InChI is InChI=1S/C17H20ClNO5/c1-11-6-13(18)2-3-14(11)24-9-15(20)19-7-12-8-23-5-4-17(12,10-19)16(21)22/h2-3,6,12H,4-5,7-10H2,1H3,(H,21,22)/t12-,17+/m0/s1. The van der Waals surface area contributed by atoms with E-state index in [9.17, 15) is 14.7 Å². The number of hydrogen-bond acceptors (Lipinski definition) is 4. The molecule has 7 heteroatoms. The molecular weight excluding hydrogens is 334 g/mol. The number of nitrogens with zero attached hydrogens (tertiary/aromatic N) is 1. The van der Waals surface area contributed by atoms with E-state index in [1.807, 2.05) is 6.92 Å². The summed E-state index contributed by atoms with van der Waals surface area (Å²) in [6.07, 6.45) is 0.438. The van der Waals surface area contributed by atoms with Gasteiger partial charge in [-0.1, -0.05) is 11.6 Å². The second-order valence-corrected chi connectivity index (χ2v) is 6.89. The van der Waals surface area contributed by atoms with Gasteiger partial charge in [-0.3, -0.25) is 9.59 Å². The number of aryl methyl sites for hydroxylation is 1. The smallest absolute Gasteiger partial charge is 0.311 e. The Bertz CT molecular complexity index is 664. The fraction of sp³-hybridized carbons (Fsp3) is 0.529. The molecule has 130 valence electrons. The Balaban J connectivity index is 1.65. The topological polar surface area (TPSA) is 76.1 Å². The highest BCUT2D eigenvalue weighted by atomic mass is 35.5. The summed E-state index contributed by atoms with van der Waals surface area (Å²) in [4.78, 5) is 25.8. The lowest BCUT2D eigenvalue weighted by Gasteiger charge is -2.33. The second kappa shape index (κ2) is 6.61. The van der Waals surface area contributed by atoms with E-state index in [1.54, 1.807) is 23.1 Å². The van der Waals surface area contributed by atoms with Crippen molar-refractivity contribution >= 4 is 23.5 Å². The zero-order valence-corrected chi connectivity index (χ0v) is 14.2. The van der Waals surface area contributed by atoms with E-state index in [0.717, 1.165) is 5.56 Å². The highest BCUT2D eigenvalue weighted by Gasteiger charge is 2.54. The lowest BCUT2D eigenvalue weighted by atomic mass is 9.74. The molecule has 3 rings (SSSR count). The van der Waals surface area contributed by atoms with Crippen LogP contribution in [0.5, 0.6) is 5.75 Å². The van der Waals surface area contributed by atoms with Crippen LogP contribution in [0.3, 0.4) is 0 Å². The van der Waals surface area contributed by atoms with Crippen LogP contribution >= 0.6 is 11.6 Å². The van der Waals surface area contributed by atoms with Gasteiger partial charge in [0, 0.05) is 30.6 Å². The number of aliphatic carboxylic acids is 1. The van der Waals surface area contributed by atoms with E-state index in [2.05, 4.69) is 0 Å². The molecule has 0 aliphatic carbocycles. The molecule has 2 atom stereocenters. The van der Waals surface area contributed by atoms with Crippen LogP contribution in [0.25, 0.3) is 0 Å². The highest BCUT2D eigenvalue weighted by molar-refractivity contribution is 6.30. The number of carboxylic acid groups (broad SMARTS) is 1. The van der Waals surface area contributed by atoms with Gasteiger partial charge in [0.05, 0.1) is 12.0 Å². The highest BCUT2D eigenvalue weighted by Crippen LogP contribution is 2.42. The number of carbonyl (C=O) groups is 2. The number of hydrogen-bond donors (Lipinski definition) is 1. The molecule has 0 unspecified atom stereocenters. The maximum absolute atomic E-state index is 12.4. The monoisotopic (exact) mass is 353 g/mol. The van der Waals surface area contributed by atoms with E-state index < -0.39 is 11.4 Å². The number of fused-ring (bicyclic) bond motifs is 1. The van der Waals surface area contributed by atoms with Gasteiger partial charge in [0.1, 0.15) is 5.75 Å². The maximum Gasteiger partial charge on any atom is 0.311 e. The molecule has 2 saturated heterocycles. The molecule has 0 spiro atoms. The second-order valence-electron chi connectivity index (χ2n) is 6.46. The van der Waals surface area contributed by atoms with Gasteiger partial charge in [0.25, 0.3) is 5.91 Å². The molecule has 1 amide bonds. The number of benzene rings is 1. The number of likely N-dealkylation sites (tertiary alicyclic amines) is 1. The van der Waals surface area contributed by atoms with Gasteiger partial charge in [-0.2, -0.15) is 0 Å². The fourth-order valence-electron chi connectivity index (χ4n) is 3.50. The summed E-state index contributed by atoms with van der Waals surface area (Å²) in [6, 6.07) is 5.19. The average Bonchev–Trinajstić information content (AvgIpc) is 2.95. The van der Waals surface area contributed by atoms with Gasteiger partial charge in [-0.25, -0.2) is 0 Å². The SMILES string of the molecule is Cc1cc(Cl)ccc1OCC(=O)N1C[C@H]2COCC[C@@]2(C(=O)O)C1. The summed E-state index contributed by atoms with van der Waals surface area (Å²) < 4.78 is 11.0. The van der Waals surface area contributed by atoms with Crippen molar-refractivity contribution in [3.05, 3.63) is 28.8 Å². The maximum atomic E-state index is 12.4. The molecule has 1 N–H and O–H groups in total. The minimum absolute atomic E-state index is 0.119. The van der Waals surface area contributed by atoms with E-state index in [0.29, 0.717) is 37.0 Å². The van der Waals surface area contributed by atoms with Crippen LogP contribution < -0.4 is 4.74 Å². The quantitative estimate of drug-likeness (QED) is 0.895. The summed E-state index contributed by atoms with van der Waals surface area (Å²) in [5.74, 6) is -0.620. The largest absolute Gasteiger partial charge is 0.483 e. The van der Waals surface area contributed by atoms with E-state index in [4.69, 9.17) is 21.1 Å². The van der Waals surface area contributed by atoms with Crippen LogP contribution in [-0.2, 0) is 14.3 Å². The molecular formula is C17H20ClNO5. The van der Waals surface area contributed by atoms with Crippen molar-refractivity contribution in [2.45, 2.75) is 13.3 Å². The van der Waals surface area contributed by atoms with Crippen LogP contribution in [0.1, 0.15) is 12.0 Å². The van der Waals surface area contributed by atoms with Crippen LogP contribution in [0.4, 0.5) is 0 Å². The molecule has 1 aromatic rings. The predicted molar refractivity (Wildman–Crippen MR) is 87.3 cm³/mol. The van der Waals surface area contributed by atoms with Crippen LogP contribution in [0.15, 0.2) is 18.2 Å². The lowest BCUT2D eigenvalue weighted by molar-refractivity contribution is -0.157. The van der Waals surface area contributed by atoms with Crippen molar-refractivity contribution in [1.29, 1.82) is 0 Å². The number of carbonyl (C=O) groups excluding carboxylic acids is 1. The number of amides is 1. The zero-order valence-electron chi connectivity index (χ0n) is 13.5. The Labute approximate surface area is 145 Å². The molecule has 1 aromatic carbocycles. The predicted octanol–water partition coefficient (Wildman–Crippen LogP) is 1.98. The molecule has 2 fully saturated rings. The molecule has 2 aliphatic rings. The summed E-state index contributed by atoms with van der Waals surface area (Å²) in [5.41, 5.74) is -0.0369. The summed E-state index contributed by atoms with van der Waals surface area (Å²) in [6.45, 7) is 3.16. The Morgan fingerprint density at radius 3 is 2.96 bits per heavy atom. The number of rotatable bonds is 4. The third kappa shape index (κ3) is 3.08. The zero-order chi connectivity index (χ0) is 17.3. The van der Waals surface area contributed by atoms with E-state index in [1.165, 1.54) is 0 Å². The minimum atomic E-state index is -0.885. The van der Waals surface area contributed by atoms with Gasteiger partial charge in [-0.05, 0) is 37.1 Å². The van der Waals surface area contributed by atoms with Crippen LogP contribution in [-0.4, -0.2) is 54.8 Å². The Hall–Kier alpha value is -1.79. The average molecular weight is 354 g/mol. The van der Waals surface area contributed by atoms with E-state index >= 15 is 0 Å². The normalized spacial score (nSPS) is 26.1. The first-order valence-corrected chi connectivity index (χ1v) is 8.28. The van der Waals surface area contributed by atoms with Gasteiger partial charge in [0.2, 0.25) is 0 Å². The van der Waals surface area contributed by atoms with E-state index in [-0.39, 0.29) is 25.0 Å². The molecule has 6 nitrogen and oxygen atoms in total. The molecule has 0 bridgehead atoms. The number of carboxylic acids is 1. The first-order valence-electron chi connectivity index (χ1n) is 7.90. The summed E-state index contributed by atoms with van der Waals surface area (Å²) in [7, 11) is 0. The number of ether oxygens (including phenoxy) is 2. The molecule has 0 saturated carbocycles.